The zero-order chi connectivity index (χ0) is 33.0. The molecule has 0 unspecified atom stereocenters. The molecular weight excluding hydrogens is 584 g/mol. The Morgan fingerprint density at radius 2 is 1.18 bits per heavy atom. The highest BCUT2D eigenvalue weighted by Crippen LogP contribution is 2.05. The van der Waals surface area contributed by atoms with Crippen LogP contribution in [0.4, 0.5) is 0 Å². The summed E-state index contributed by atoms with van der Waals surface area (Å²) < 4.78 is 20.7. The number of aliphatic hydroxyl groups excluding tert-OH is 1. The summed E-state index contributed by atoms with van der Waals surface area (Å²) in [5.41, 5.74) is 0. The van der Waals surface area contributed by atoms with Gasteiger partial charge in [-0.05, 0) is 45.9 Å². The number of rotatable bonds is 28. The molecule has 1 rings (SSSR count). The predicted molar refractivity (Wildman–Crippen MR) is 171 cm³/mol. The molecule has 0 radical (unpaired) electrons. The lowest BCUT2D eigenvalue weighted by molar-refractivity contribution is -0.147. The van der Waals surface area contributed by atoms with Gasteiger partial charge in [-0.2, -0.15) is 0 Å². The summed E-state index contributed by atoms with van der Waals surface area (Å²) in [6.45, 7) is 11.3. The van der Waals surface area contributed by atoms with Gasteiger partial charge in [-0.15, -0.1) is 0 Å². The lowest BCUT2D eigenvalue weighted by Crippen LogP contribution is -2.45. The standard InChI is InChI=1S/C32H60N4O9/c1-3-29(38)42-25-9-27-44-31(40)12-18-35(16-6-4-5-7-24-37)19-13-32(41)45-28-10-26-43-30(39)11-15-33-14-8-17-36-22-20-34(2)21-23-36/h33,37H,3-28H2,1-2H3. The normalized spacial score (nSPS) is 14.0. The van der Waals surface area contributed by atoms with E-state index in [1.165, 1.54) is 0 Å². The molecule has 262 valence electrons. The first-order chi connectivity index (χ1) is 21.8. The minimum absolute atomic E-state index is 0.174. The number of ether oxygens (including phenoxy) is 4. The van der Waals surface area contributed by atoms with Crippen LogP contribution in [0.15, 0.2) is 0 Å². The van der Waals surface area contributed by atoms with Crippen LogP contribution in [0.25, 0.3) is 0 Å². The maximum Gasteiger partial charge on any atom is 0.307 e. The third-order valence-electron chi connectivity index (χ3n) is 7.49. The molecule has 0 spiro atoms. The van der Waals surface area contributed by atoms with Crippen LogP contribution >= 0.6 is 0 Å². The summed E-state index contributed by atoms with van der Waals surface area (Å²) in [6.07, 6.45) is 6.48. The van der Waals surface area contributed by atoms with Crippen LogP contribution in [0, 0.1) is 0 Å². The van der Waals surface area contributed by atoms with Gasteiger partial charge in [0.05, 0.1) is 45.7 Å². The number of unbranched alkanes of at least 4 members (excludes halogenated alkanes) is 3. The quantitative estimate of drug-likeness (QED) is 0.0723. The average Bonchev–Trinajstić information content (AvgIpc) is 3.03. The third kappa shape index (κ3) is 24.6. The molecule has 2 N–H and O–H groups in total. The number of nitrogens with zero attached hydrogens (tertiary/aromatic N) is 3. The number of nitrogens with one attached hydrogen (secondary N) is 1. The number of carbonyl (C=O) groups is 4. The summed E-state index contributed by atoms with van der Waals surface area (Å²) in [4.78, 5) is 54.4. The number of carbonyl (C=O) groups excluding carboxylic acids is 4. The van der Waals surface area contributed by atoms with Gasteiger partial charge in [0.25, 0.3) is 0 Å². The fourth-order valence-electron chi connectivity index (χ4n) is 4.63. The first-order valence-electron chi connectivity index (χ1n) is 16.9. The van der Waals surface area contributed by atoms with Gasteiger partial charge in [0.2, 0.25) is 0 Å². The van der Waals surface area contributed by atoms with Gasteiger partial charge in [-0.3, -0.25) is 19.2 Å². The zero-order valence-electron chi connectivity index (χ0n) is 27.9. The molecule has 1 aliphatic heterocycles. The van der Waals surface area contributed by atoms with E-state index < -0.39 is 0 Å². The minimum atomic E-state index is -0.337. The van der Waals surface area contributed by atoms with Crippen molar-refractivity contribution in [2.45, 2.75) is 77.6 Å². The van der Waals surface area contributed by atoms with Crippen LogP contribution in [0.2, 0.25) is 0 Å². The maximum atomic E-state index is 12.3. The number of likely N-dealkylation sites (N-methyl/N-ethyl adjacent to an activating group) is 1. The molecule has 0 aromatic heterocycles. The van der Waals surface area contributed by atoms with E-state index in [0.29, 0.717) is 45.3 Å². The van der Waals surface area contributed by atoms with E-state index in [-0.39, 0.29) is 69.8 Å². The zero-order valence-corrected chi connectivity index (χ0v) is 27.9. The minimum Gasteiger partial charge on any atom is -0.466 e. The summed E-state index contributed by atoms with van der Waals surface area (Å²) >= 11 is 0. The van der Waals surface area contributed by atoms with Crippen molar-refractivity contribution in [2.24, 2.45) is 0 Å². The lowest BCUT2D eigenvalue weighted by Gasteiger charge is -2.32. The average molecular weight is 645 g/mol. The van der Waals surface area contributed by atoms with E-state index in [1.54, 1.807) is 6.92 Å². The predicted octanol–water partition coefficient (Wildman–Crippen LogP) is 1.60. The smallest absolute Gasteiger partial charge is 0.307 e. The van der Waals surface area contributed by atoms with Crippen molar-refractivity contribution in [1.29, 1.82) is 0 Å². The van der Waals surface area contributed by atoms with E-state index in [9.17, 15) is 19.2 Å². The van der Waals surface area contributed by atoms with Gasteiger partial charge in [0.15, 0.2) is 0 Å². The first kappa shape index (κ1) is 40.7. The molecule has 13 heteroatoms. The van der Waals surface area contributed by atoms with Crippen molar-refractivity contribution in [3.63, 3.8) is 0 Å². The lowest BCUT2D eigenvalue weighted by atomic mass is 10.2. The monoisotopic (exact) mass is 644 g/mol. The second-order valence-electron chi connectivity index (χ2n) is 11.4. The Morgan fingerprint density at radius 1 is 0.644 bits per heavy atom. The fraction of sp³-hybridized carbons (Fsp3) is 0.875. The van der Waals surface area contributed by atoms with Crippen molar-refractivity contribution in [1.82, 2.24) is 20.0 Å². The Labute approximate surface area is 270 Å². The Morgan fingerprint density at radius 3 is 1.73 bits per heavy atom. The van der Waals surface area contributed by atoms with E-state index in [4.69, 9.17) is 24.1 Å². The highest BCUT2D eigenvalue weighted by Gasteiger charge is 2.14. The van der Waals surface area contributed by atoms with Crippen LogP contribution in [0.5, 0.6) is 0 Å². The molecule has 1 aliphatic rings. The molecule has 1 fully saturated rings. The van der Waals surface area contributed by atoms with Gasteiger partial charge in [-0.25, -0.2) is 0 Å². The second kappa shape index (κ2) is 27.9. The number of esters is 4. The van der Waals surface area contributed by atoms with Crippen molar-refractivity contribution < 1.29 is 43.2 Å². The van der Waals surface area contributed by atoms with E-state index in [1.807, 2.05) is 4.90 Å². The Bertz CT molecular complexity index is 795. The number of hydrogen-bond donors (Lipinski definition) is 2. The molecule has 1 heterocycles. The van der Waals surface area contributed by atoms with Crippen molar-refractivity contribution in [3.05, 3.63) is 0 Å². The summed E-state index contributed by atoms with van der Waals surface area (Å²) in [6, 6.07) is 0. The van der Waals surface area contributed by atoms with Crippen molar-refractivity contribution >= 4 is 23.9 Å². The Balaban J connectivity index is 2.13. The molecule has 1 saturated heterocycles. The number of piperazine rings is 1. The Kier molecular flexibility index (Phi) is 25.3. The van der Waals surface area contributed by atoms with Crippen molar-refractivity contribution in [2.75, 3.05) is 106 Å². The Hall–Kier alpha value is -2.32. The molecular formula is C32H60N4O9. The highest BCUT2D eigenvalue weighted by atomic mass is 16.6. The van der Waals surface area contributed by atoms with Crippen LogP contribution in [-0.4, -0.2) is 149 Å². The summed E-state index contributed by atoms with van der Waals surface area (Å²) in [5.74, 6) is -1.21. The molecule has 0 bridgehead atoms. The SMILES string of the molecule is CCC(=O)OCCCOC(=O)CCN(CCCCCCO)CCC(=O)OCCCOC(=O)CCNCCCN1CCN(C)CC1. The van der Waals surface area contributed by atoms with E-state index >= 15 is 0 Å². The molecule has 0 saturated carbocycles. The van der Waals surface area contributed by atoms with Crippen molar-refractivity contribution in [3.8, 4) is 0 Å². The molecule has 0 aliphatic carbocycles. The third-order valence-corrected chi connectivity index (χ3v) is 7.49. The highest BCUT2D eigenvalue weighted by molar-refractivity contribution is 5.70. The van der Waals surface area contributed by atoms with Crippen LogP contribution in [0.3, 0.4) is 0 Å². The second-order valence-corrected chi connectivity index (χ2v) is 11.4. The fourth-order valence-corrected chi connectivity index (χ4v) is 4.63. The topological polar surface area (TPSA) is 147 Å². The van der Waals surface area contributed by atoms with Gasteiger partial charge in [-0.1, -0.05) is 19.8 Å². The van der Waals surface area contributed by atoms with Gasteiger partial charge >= 0.3 is 23.9 Å². The molecule has 45 heavy (non-hydrogen) atoms. The summed E-state index contributed by atoms with van der Waals surface area (Å²) in [5, 5.41) is 12.3. The van der Waals surface area contributed by atoms with Crippen LogP contribution in [-0.2, 0) is 38.1 Å². The van der Waals surface area contributed by atoms with Crippen LogP contribution in [0.1, 0.15) is 77.6 Å². The number of aliphatic hydroxyl groups is 1. The van der Waals surface area contributed by atoms with Crippen LogP contribution < -0.4 is 5.32 Å². The largest absolute Gasteiger partial charge is 0.466 e. The molecule has 0 aromatic rings. The van der Waals surface area contributed by atoms with Gasteiger partial charge < -0.3 is 44.1 Å². The van der Waals surface area contributed by atoms with Gasteiger partial charge in [0, 0.05) is 71.7 Å². The van der Waals surface area contributed by atoms with E-state index in [0.717, 1.165) is 77.9 Å². The molecule has 0 atom stereocenters. The first-order valence-corrected chi connectivity index (χ1v) is 16.9. The number of hydrogen-bond acceptors (Lipinski definition) is 13. The molecule has 13 nitrogen and oxygen atoms in total. The summed E-state index contributed by atoms with van der Waals surface area (Å²) in [7, 11) is 2.15. The molecule has 0 amide bonds. The molecule has 0 aromatic carbocycles. The van der Waals surface area contributed by atoms with E-state index in [2.05, 4.69) is 22.2 Å². The van der Waals surface area contributed by atoms with Gasteiger partial charge in [0.1, 0.15) is 0 Å². The maximum absolute atomic E-state index is 12.3.